The van der Waals surface area contributed by atoms with Crippen LogP contribution in [0.25, 0.3) is 0 Å². The molecule has 28 heavy (non-hydrogen) atoms. The first-order chi connectivity index (χ1) is 13.5. The first-order valence-electron chi connectivity index (χ1n) is 10.8. The first kappa shape index (κ1) is 19.4. The van der Waals surface area contributed by atoms with Crippen molar-refractivity contribution in [2.45, 2.75) is 70.4 Å². The van der Waals surface area contributed by atoms with Crippen LogP contribution in [0.2, 0.25) is 0 Å². The summed E-state index contributed by atoms with van der Waals surface area (Å²) in [6, 6.07) is 1.98. The van der Waals surface area contributed by atoms with E-state index in [0.717, 1.165) is 57.4 Å². The van der Waals surface area contributed by atoms with Crippen molar-refractivity contribution in [2.24, 2.45) is 11.8 Å². The lowest BCUT2D eigenvalue weighted by atomic mass is 9.84. The van der Waals surface area contributed by atoms with Gasteiger partial charge >= 0.3 is 0 Å². The summed E-state index contributed by atoms with van der Waals surface area (Å²) in [5, 5.41) is 10.4. The van der Waals surface area contributed by atoms with Gasteiger partial charge in [0.05, 0.1) is 0 Å². The van der Waals surface area contributed by atoms with Crippen LogP contribution in [0.1, 0.15) is 74.5 Å². The van der Waals surface area contributed by atoms with E-state index < -0.39 is 0 Å². The van der Waals surface area contributed by atoms with Crippen molar-refractivity contribution in [1.82, 2.24) is 20.7 Å². The van der Waals surface area contributed by atoms with E-state index in [1.54, 1.807) is 6.07 Å². The summed E-state index contributed by atoms with van der Waals surface area (Å²) in [5.41, 5.74) is 0.368. The van der Waals surface area contributed by atoms with Gasteiger partial charge in [-0.15, -0.1) is 0 Å². The molecule has 3 atom stereocenters. The Balaban J connectivity index is 1.29. The van der Waals surface area contributed by atoms with E-state index in [2.05, 4.69) is 29.6 Å². The number of hydrogen-bond donors (Lipinski definition) is 2. The molecule has 2 saturated heterocycles. The Bertz CT molecular complexity index is 708. The number of hydrogen-bond acceptors (Lipinski definition) is 5. The van der Waals surface area contributed by atoms with Crippen molar-refractivity contribution in [1.29, 1.82) is 0 Å². The molecule has 0 aromatic carbocycles. The molecule has 1 aromatic heterocycles. The lowest BCUT2D eigenvalue weighted by Crippen LogP contribution is -2.53. The van der Waals surface area contributed by atoms with Crippen molar-refractivity contribution in [2.75, 3.05) is 19.6 Å². The molecule has 2 N–H and O–H groups in total. The first-order valence-corrected chi connectivity index (χ1v) is 10.8. The molecule has 3 heterocycles. The smallest absolute Gasteiger partial charge is 0.273 e. The number of piperidine rings is 2. The molecule has 3 fully saturated rings. The highest BCUT2D eigenvalue weighted by Crippen LogP contribution is 2.40. The van der Waals surface area contributed by atoms with E-state index in [1.165, 1.54) is 0 Å². The number of likely N-dealkylation sites (tertiary alicyclic amines) is 1. The Morgan fingerprint density at radius 1 is 1.25 bits per heavy atom. The third-order valence-electron chi connectivity index (χ3n) is 6.72. The molecule has 1 aromatic rings. The standard InChI is InChI=1S/C21H32N4O3/c1-13-11-17(23-20(26)18-12-19(28-24-18)16-3-4-16)7-10-25(13)21(27)14(2)15-5-8-22-9-6-15/h12-17,22H,3-11H2,1-2H3,(H,23,26)/t13-,14-,17+/m0/s1. The molecule has 154 valence electrons. The van der Waals surface area contributed by atoms with E-state index in [4.69, 9.17) is 4.52 Å². The summed E-state index contributed by atoms with van der Waals surface area (Å²) < 4.78 is 5.28. The van der Waals surface area contributed by atoms with E-state index in [9.17, 15) is 9.59 Å². The van der Waals surface area contributed by atoms with Gasteiger partial charge in [-0.25, -0.2) is 0 Å². The molecule has 1 aliphatic carbocycles. The second kappa shape index (κ2) is 8.23. The minimum atomic E-state index is -0.171. The number of nitrogens with zero attached hydrogens (tertiary/aromatic N) is 2. The summed E-state index contributed by atoms with van der Waals surface area (Å²) >= 11 is 0. The van der Waals surface area contributed by atoms with Crippen molar-refractivity contribution in [3.8, 4) is 0 Å². The second-order valence-electron chi connectivity index (χ2n) is 8.84. The summed E-state index contributed by atoms with van der Waals surface area (Å²) in [7, 11) is 0. The number of aromatic nitrogens is 1. The number of carbonyl (C=O) groups is 2. The summed E-state index contributed by atoms with van der Waals surface area (Å²) in [6.07, 6.45) is 5.96. The van der Waals surface area contributed by atoms with Crippen LogP contribution < -0.4 is 10.6 Å². The third kappa shape index (κ3) is 4.24. The number of amides is 2. The minimum absolute atomic E-state index is 0.0711. The third-order valence-corrected chi connectivity index (χ3v) is 6.72. The van der Waals surface area contributed by atoms with E-state index >= 15 is 0 Å². The van der Waals surface area contributed by atoms with Gasteiger partial charge in [0, 0.05) is 36.5 Å². The maximum atomic E-state index is 13.0. The van der Waals surface area contributed by atoms with Gasteiger partial charge in [0.1, 0.15) is 5.76 Å². The van der Waals surface area contributed by atoms with Crippen LogP contribution in [0.3, 0.4) is 0 Å². The Kier molecular flexibility index (Phi) is 5.71. The molecule has 2 aliphatic heterocycles. The van der Waals surface area contributed by atoms with Gasteiger partial charge in [-0.05, 0) is 64.5 Å². The molecule has 3 aliphatic rings. The lowest BCUT2D eigenvalue weighted by molar-refractivity contribution is -0.140. The highest BCUT2D eigenvalue weighted by Gasteiger charge is 2.35. The van der Waals surface area contributed by atoms with Crippen LogP contribution in [0.15, 0.2) is 10.6 Å². The van der Waals surface area contributed by atoms with Crippen LogP contribution in [-0.2, 0) is 4.79 Å². The number of nitrogens with one attached hydrogen (secondary N) is 2. The van der Waals surface area contributed by atoms with Crippen LogP contribution in [-0.4, -0.2) is 53.6 Å². The monoisotopic (exact) mass is 388 g/mol. The number of carbonyl (C=O) groups excluding carboxylic acids is 2. The normalized spacial score (nSPS) is 27.4. The summed E-state index contributed by atoms with van der Waals surface area (Å²) in [4.78, 5) is 27.5. The topological polar surface area (TPSA) is 87.5 Å². The average Bonchev–Trinajstić information content (AvgIpc) is 3.44. The molecule has 7 nitrogen and oxygen atoms in total. The molecular formula is C21H32N4O3. The van der Waals surface area contributed by atoms with Gasteiger partial charge in [0.25, 0.3) is 5.91 Å². The van der Waals surface area contributed by atoms with Crippen molar-refractivity contribution in [3.63, 3.8) is 0 Å². The second-order valence-corrected chi connectivity index (χ2v) is 8.84. The molecule has 0 spiro atoms. The molecule has 0 radical (unpaired) electrons. The highest BCUT2D eigenvalue weighted by molar-refractivity contribution is 5.92. The SMILES string of the molecule is C[C@H](C(=O)N1CC[C@@H](NC(=O)c2cc(C3CC3)on2)C[C@@H]1C)C1CCNCC1. The molecule has 0 bridgehead atoms. The summed E-state index contributed by atoms with van der Waals surface area (Å²) in [5.74, 6) is 1.93. The van der Waals surface area contributed by atoms with Gasteiger partial charge in [0.15, 0.2) is 5.69 Å². The zero-order valence-corrected chi connectivity index (χ0v) is 16.9. The van der Waals surface area contributed by atoms with Crippen molar-refractivity contribution in [3.05, 3.63) is 17.5 Å². The van der Waals surface area contributed by atoms with Gasteiger partial charge in [-0.1, -0.05) is 12.1 Å². The van der Waals surface area contributed by atoms with Crippen LogP contribution in [0.5, 0.6) is 0 Å². The van der Waals surface area contributed by atoms with E-state index in [0.29, 0.717) is 24.1 Å². The molecule has 2 amide bonds. The van der Waals surface area contributed by atoms with Gasteiger partial charge in [0.2, 0.25) is 5.91 Å². The quantitative estimate of drug-likeness (QED) is 0.808. The Morgan fingerprint density at radius 3 is 2.68 bits per heavy atom. The molecule has 0 unspecified atom stereocenters. The van der Waals surface area contributed by atoms with Crippen molar-refractivity contribution < 1.29 is 14.1 Å². The minimum Gasteiger partial charge on any atom is -0.360 e. The Morgan fingerprint density at radius 2 is 2.00 bits per heavy atom. The largest absolute Gasteiger partial charge is 0.360 e. The predicted octanol–water partition coefficient (Wildman–Crippen LogP) is 2.30. The van der Waals surface area contributed by atoms with E-state index in [1.807, 2.05) is 4.90 Å². The Labute approximate surface area is 166 Å². The van der Waals surface area contributed by atoms with Gasteiger partial charge in [-0.3, -0.25) is 9.59 Å². The predicted molar refractivity (Wildman–Crippen MR) is 105 cm³/mol. The summed E-state index contributed by atoms with van der Waals surface area (Å²) in [6.45, 7) is 6.90. The molecule has 4 rings (SSSR count). The van der Waals surface area contributed by atoms with Gasteiger partial charge < -0.3 is 20.1 Å². The zero-order valence-electron chi connectivity index (χ0n) is 16.9. The van der Waals surface area contributed by atoms with E-state index in [-0.39, 0.29) is 29.8 Å². The fourth-order valence-corrected chi connectivity index (χ4v) is 4.65. The van der Waals surface area contributed by atoms with Crippen molar-refractivity contribution >= 4 is 11.8 Å². The van der Waals surface area contributed by atoms with Crippen LogP contribution >= 0.6 is 0 Å². The fourth-order valence-electron chi connectivity index (χ4n) is 4.65. The van der Waals surface area contributed by atoms with Gasteiger partial charge in [-0.2, -0.15) is 0 Å². The number of rotatable bonds is 5. The fraction of sp³-hybridized carbons (Fsp3) is 0.762. The molecular weight excluding hydrogens is 356 g/mol. The zero-order chi connectivity index (χ0) is 19.7. The lowest BCUT2D eigenvalue weighted by Gasteiger charge is -2.40. The highest BCUT2D eigenvalue weighted by atomic mass is 16.5. The maximum absolute atomic E-state index is 13.0. The molecule has 7 heteroatoms. The maximum Gasteiger partial charge on any atom is 0.273 e. The molecule has 1 saturated carbocycles. The van der Waals surface area contributed by atoms with Crippen LogP contribution in [0, 0.1) is 11.8 Å². The van der Waals surface area contributed by atoms with Crippen LogP contribution in [0.4, 0.5) is 0 Å². The average molecular weight is 389 g/mol. The Hall–Kier alpha value is -1.89.